The van der Waals surface area contributed by atoms with Crippen molar-refractivity contribution in [2.75, 3.05) is 13.8 Å². The summed E-state index contributed by atoms with van der Waals surface area (Å²) in [6.07, 6.45) is 1.99. The minimum absolute atomic E-state index is 0.189. The van der Waals surface area contributed by atoms with Gasteiger partial charge in [-0.25, -0.2) is 0 Å². The molecule has 0 spiro atoms. The van der Waals surface area contributed by atoms with E-state index in [-0.39, 0.29) is 6.04 Å². The molecule has 1 N–H and O–H groups in total. The van der Waals surface area contributed by atoms with Crippen molar-refractivity contribution >= 4 is 0 Å². The van der Waals surface area contributed by atoms with Gasteiger partial charge in [-0.15, -0.1) is 0 Å². The van der Waals surface area contributed by atoms with Gasteiger partial charge in [0, 0.05) is 6.20 Å². The van der Waals surface area contributed by atoms with Crippen LogP contribution < -0.4 is 14.8 Å². The molecule has 0 aliphatic carbocycles. The van der Waals surface area contributed by atoms with Crippen molar-refractivity contribution in [3.05, 3.63) is 41.7 Å². The van der Waals surface area contributed by atoms with Crippen molar-refractivity contribution in [2.45, 2.75) is 19.5 Å². The van der Waals surface area contributed by atoms with Gasteiger partial charge in [-0.1, -0.05) is 6.07 Å². The Hall–Kier alpha value is -2.01. The van der Waals surface area contributed by atoms with Gasteiger partial charge in [0.05, 0.1) is 18.3 Å². The predicted octanol–water partition coefficient (Wildman–Crippen LogP) is 1.88. The number of ether oxygens (including phenoxy) is 2. The van der Waals surface area contributed by atoms with Gasteiger partial charge in [0.1, 0.15) is 0 Å². The molecule has 0 bridgehead atoms. The van der Waals surface area contributed by atoms with Gasteiger partial charge in [0.25, 0.3) is 0 Å². The lowest BCUT2D eigenvalue weighted by Crippen LogP contribution is -2.22. The first kappa shape index (κ1) is 12.0. The first-order chi connectivity index (χ1) is 9.26. The molecule has 2 aromatic rings. The SMILES string of the molecule is CNC(Cn1ccc(C)n1)c1ccc2c(c1)OCO2. The number of benzene rings is 1. The Bertz CT molecular complexity index is 580. The maximum Gasteiger partial charge on any atom is 0.231 e. The highest BCUT2D eigenvalue weighted by atomic mass is 16.7. The smallest absolute Gasteiger partial charge is 0.231 e. The van der Waals surface area contributed by atoms with Crippen LogP contribution in [-0.2, 0) is 6.54 Å². The van der Waals surface area contributed by atoms with E-state index in [1.807, 2.05) is 43.0 Å². The lowest BCUT2D eigenvalue weighted by Gasteiger charge is -2.17. The molecule has 2 heterocycles. The average molecular weight is 259 g/mol. The molecule has 0 radical (unpaired) electrons. The molecule has 0 saturated heterocycles. The first-order valence-electron chi connectivity index (χ1n) is 6.33. The minimum atomic E-state index is 0.189. The van der Waals surface area contributed by atoms with E-state index in [0.717, 1.165) is 23.7 Å². The Morgan fingerprint density at radius 2 is 2.16 bits per heavy atom. The fourth-order valence-corrected chi connectivity index (χ4v) is 2.25. The summed E-state index contributed by atoms with van der Waals surface area (Å²) >= 11 is 0. The molecule has 1 aromatic carbocycles. The third-order valence-corrected chi connectivity index (χ3v) is 3.29. The summed E-state index contributed by atoms with van der Waals surface area (Å²) in [4.78, 5) is 0. The molecule has 0 amide bonds. The average Bonchev–Trinajstić information content (AvgIpc) is 3.03. The van der Waals surface area contributed by atoms with Crippen LogP contribution in [-0.4, -0.2) is 23.6 Å². The molecule has 19 heavy (non-hydrogen) atoms. The van der Waals surface area contributed by atoms with E-state index in [1.54, 1.807) is 0 Å². The maximum absolute atomic E-state index is 5.42. The third-order valence-electron chi connectivity index (χ3n) is 3.29. The summed E-state index contributed by atoms with van der Waals surface area (Å²) in [5, 5.41) is 7.73. The standard InChI is InChI=1S/C14H17N3O2/c1-10-5-6-17(16-10)8-12(15-2)11-3-4-13-14(7-11)19-9-18-13/h3-7,12,15H,8-9H2,1-2H3. The second kappa shape index (κ2) is 4.93. The summed E-state index contributed by atoms with van der Waals surface area (Å²) in [6, 6.07) is 8.24. The molecule has 0 saturated carbocycles. The van der Waals surface area contributed by atoms with Crippen LogP contribution in [0.3, 0.4) is 0 Å². The summed E-state index contributed by atoms with van der Waals surface area (Å²) in [5.74, 6) is 1.63. The second-order valence-corrected chi connectivity index (χ2v) is 4.63. The highest BCUT2D eigenvalue weighted by Gasteiger charge is 2.17. The van der Waals surface area contributed by atoms with Gasteiger partial charge >= 0.3 is 0 Å². The van der Waals surface area contributed by atoms with E-state index >= 15 is 0 Å². The number of aromatic nitrogens is 2. The Morgan fingerprint density at radius 3 is 2.89 bits per heavy atom. The van der Waals surface area contributed by atoms with E-state index in [0.29, 0.717) is 6.79 Å². The van der Waals surface area contributed by atoms with Crippen LogP contribution in [0, 0.1) is 6.92 Å². The zero-order valence-corrected chi connectivity index (χ0v) is 11.1. The van der Waals surface area contributed by atoms with Crippen molar-refractivity contribution in [1.29, 1.82) is 0 Å². The van der Waals surface area contributed by atoms with Crippen LogP contribution in [0.4, 0.5) is 0 Å². The van der Waals surface area contributed by atoms with Gasteiger partial charge in [0.2, 0.25) is 6.79 Å². The van der Waals surface area contributed by atoms with Crippen molar-refractivity contribution in [3.63, 3.8) is 0 Å². The van der Waals surface area contributed by atoms with E-state index in [4.69, 9.17) is 9.47 Å². The molecule has 1 atom stereocenters. The molecule has 0 fully saturated rings. The normalized spacial score (nSPS) is 14.6. The molecule has 100 valence electrons. The second-order valence-electron chi connectivity index (χ2n) is 4.63. The van der Waals surface area contributed by atoms with E-state index in [1.165, 1.54) is 5.56 Å². The van der Waals surface area contributed by atoms with Crippen molar-refractivity contribution in [1.82, 2.24) is 15.1 Å². The molecule has 5 nitrogen and oxygen atoms in total. The zero-order chi connectivity index (χ0) is 13.2. The quantitative estimate of drug-likeness (QED) is 0.910. The topological polar surface area (TPSA) is 48.3 Å². The molecular weight excluding hydrogens is 242 g/mol. The van der Waals surface area contributed by atoms with Crippen LogP contribution in [0.25, 0.3) is 0 Å². The van der Waals surface area contributed by atoms with E-state index < -0.39 is 0 Å². The van der Waals surface area contributed by atoms with Crippen molar-refractivity contribution in [2.24, 2.45) is 0 Å². The lowest BCUT2D eigenvalue weighted by molar-refractivity contribution is 0.174. The molecule has 1 aliphatic heterocycles. The molecule has 5 heteroatoms. The fourth-order valence-electron chi connectivity index (χ4n) is 2.25. The number of fused-ring (bicyclic) bond motifs is 1. The van der Waals surface area contributed by atoms with E-state index in [2.05, 4.69) is 16.5 Å². The largest absolute Gasteiger partial charge is 0.454 e. The van der Waals surface area contributed by atoms with Crippen molar-refractivity contribution < 1.29 is 9.47 Å². The van der Waals surface area contributed by atoms with Gasteiger partial charge in [0.15, 0.2) is 11.5 Å². The van der Waals surface area contributed by atoms with Crippen LogP contribution in [0.2, 0.25) is 0 Å². The number of aryl methyl sites for hydroxylation is 1. The van der Waals surface area contributed by atoms with Gasteiger partial charge < -0.3 is 14.8 Å². The Balaban J connectivity index is 1.82. The predicted molar refractivity (Wildman–Crippen MR) is 71.3 cm³/mol. The Kier molecular flexibility index (Phi) is 3.13. The fraction of sp³-hybridized carbons (Fsp3) is 0.357. The van der Waals surface area contributed by atoms with E-state index in [9.17, 15) is 0 Å². The summed E-state index contributed by atoms with van der Waals surface area (Å²) in [7, 11) is 1.95. The number of nitrogens with zero attached hydrogens (tertiary/aromatic N) is 2. The highest BCUT2D eigenvalue weighted by Crippen LogP contribution is 2.34. The maximum atomic E-state index is 5.42. The molecule has 3 rings (SSSR count). The van der Waals surface area contributed by atoms with Crippen LogP contribution in [0.15, 0.2) is 30.5 Å². The number of likely N-dealkylation sites (N-methyl/N-ethyl adjacent to an activating group) is 1. The van der Waals surface area contributed by atoms with Gasteiger partial charge in [-0.2, -0.15) is 5.10 Å². The highest BCUT2D eigenvalue weighted by molar-refractivity contribution is 5.45. The number of nitrogens with one attached hydrogen (secondary N) is 1. The monoisotopic (exact) mass is 259 g/mol. The Labute approximate surface area is 112 Å². The third kappa shape index (κ3) is 2.42. The summed E-state index contributed by atoms with van der Waals surface area (Å²) in [6.45, 7) is 3.08. The van der Waals surface area contributed by atoms with Crippen LogP contribution >= 0.6 is 0 Å². The van der Waals surface area contributed by atoms with Gasteiger partial charge in [-0.05, 0) is 37.7 Å². The molecule has 1 unspecified atom stereocenters. The first-order valence-corrected chi connectivity index (χ1v) is 6.33. The number of rotatable bonds is 4. The lowest BCUT2D eigenvalue weighted by atomic mass is 10.1. The molecule has 1 aliphatic rings. The molecule has 1 aromatic heterocycles. The van der Waals surface area contributed by atoms with Crippen LogP contribution in [0.1, 0.15) is 17.3 Å². The number of hydrogen-bond donors (Lipinski definition) is 1. The number of hydrogen-bond acceptors (Lipinski definition) is 4. The van der Waals surface area contributed by atoms with Crippen molar-refractivity contribution in [3.8, 4) is 11.5 Å². The zero-order valence-electron chi connectivity index (χ0n) is 11.1. The van der Waals surface area contributed by atoms with Gasteiger partial charge in [-0.3, -0.25) is 4.68 Å². The summed E-state index contributed by atoms with van der Waals surface area (Å²) < 4.78 is 12.7. The Morgan fingerprint density at radius 1 is 1.32 bits per heavy atom. The minimum Gasteiger partial charge on any atom is -0.454 e. The van der Waals surface area contributed by atoms with Crippen LogP contribution in [0.5, 0.6) is 11.5 Å². The molecular formula is C14H17N3O2. The summed E-state index contributed by atoms with van der Waals surface area (Å²) in [5.41, 5.74) is 2.19.